The van der Waals surface area contributed by atoms with Gasteiger partial charge >= 0.3 is 12.0 Å². The number of hydrogen-bond acceptors (Lipinski definition) is 2. The number of carbonyl (C=O) groups is 2. The van der Waals surface area contributed by atoms with Crippen molar-refractivity contribution in [3.8, 4) is 0 Å². The fourth-order valence-corrected chi connectivity index (χ4v) is 3.05. The molecule has 2 fully saturated rings. The molecule has 2 N–H and O–H groups in total. The number of amides is 2. The van der Waals surface area contributed by atoms with Crippen LogP contribution in [0.3, 0.4) is 0 Å². The standard InChI is InChI=1S/C13H22N2O3/c1-13(7-3-2-4-8-13)14-12(18)15-9-5-6-10(15)11(16)17/h10H,2-9H2,1H3,(H,14,18)(H,16,17). The Labute approximate surface area is 108 Å². The highest BCUT2D eigenvalue weighted by molar-refractivity contribution is 5.83. The Balaban J connectivity index is 1.96. The molecule has 1 saturated carbocycles. The molecule has 5 heteroatoms. The first-order valence-corrected chi connectivity index (χ1v) is 6.83. The summed E-state index contributed by atoms with van der Waals surface area (Å²) in [5.41, 5.74) is -0.152. The summed E-state index contributed by atoms with van der Waals surface area (Å²) in [6.45, 7) is 2.62. The molecule has 1 heterocycles. The summed E-state index contributed by atoms with van der Waals surface area (Å²) in [6.07, 6.45) is 6.83. The maximum atomic E-state index is 12.2. The van der Waals surface area contributed by atoms with Crippen LogP contribution in [0.25, 0.3) is 0 Å². The van der Waals surface area contributed by atoms with Gasteiger partial charge in [0, 0.05) is 12.1 Å². The van der Waals surface area contributed by atoms with Crippen molar-refractivity contribution in [3.05, 3.63) is 0 Å². The zero-order valence-corrected chi connectivity index (χ0v) is 10.9. The molecule has 0 bridgehead atoms. The van der Waals surface area contributed by atoms with E-state index in [0.29, 0.717) is 13.0 Å². The topological polar surface area (TPSA) is 69.6 Å². The van der Waals surface area contributed by atoms with Gasteiger partial charge in [0.1, 0.15) is 6.04 Å². The van der Waals surface area contributed by atoms with Crippen molar-refractivity contribution in [1.29, 1.82) is 0 Å². The van der Waals surface area contributed by atoms with Crippen LogP contribution in [0.5, 0.6) is 0 Å². The van der Waals surface area contributed by atoms with Gasteiger partial charge in [-0.2, -0.15) is 0 Å². The maximum absolute atomic E-state index is 12.2. The Morgan fingerprint density at radius 2 is 1.89 bits per heavy atom. The Kier molecular flexibility index (Phi) is 3.78. The molecule has 0 aromatic carbocycles. The van der Waals surface area contributed by atoms with Crippen LogP contribution in [0.15, 0.2) is 0 Å². The molecular weight excluding hydrogens is 232 g/mol. The van der Waals surface area contributed by atoms with Crippen molar-refractivity contribution in [2.24, 2.45) is 0 Å². The fraction of sp³-hybridized carbons (Fsp3) is 0.846. The van der Waals surface area contributed by atoms with Crippen molar-refractivity contribution < 1.29 is 14.7 Å². The maximum Gasteiger partial charge on any atom is 0.326 e. The number of carbonyl (C=O) groups excluding carboxylic acids is 1. The second-order valence-electron chi connectivity index (χ2n) is 5.74. The Morgan fingerprint density at radius 1 is 1.22 bits per heavy atom. The molecule has 0 aromatic heterocycles. The van der Waals surface area contributed by atoms with Gasteiger partial charge in [-0.3, -0.25) is 0 Å². The van der Waals surface area contributed by atoms with Crippen LogP contribution >= 0.6 is 0 Å². The first-order valence-electron chi connectivity index (χ1n) is 6.83. The van der Waals surface area contributed by atoms with Crippen molar-refractivity contribution in [1.82, 2.24) is 10.2 Å². The van der Waals surface area contributed by atoms with Crippen LogP contribution < -0.4 is 5.32 Å². The van der Waals surface area contributed by atoms with E-state index in [-0.39, 0.29) is 11.6 Å². The van der Waals surface area contributed by atoms with Crippen LogP contribution in [0.2, 0.25) is 0 Å². The van der Waals surface area contributed by atoms with Gasteiger partial charge in [0.25, 0.3) is 0 Å². The number of carboxylic acid groups (broad SMARTS) is 1. The molecule has 0 spiro atoms. The van der Waals surface area contributed by atoms with Crippen molar-refractivity contribution >= 4 is 12.0 Å². The van der Waals surface area contributed by atoms with Crippen molar-refractivity contribution in [3.63, 3.8) is 0 Å². The third-order valence-electron chi connectivity index (χ3n) is 4.16. The van der Waals surface area contributed by atoms with E-state index >= 15 is 0 Å². The van der Waals surface area contributed by atoms with E-state index in [1.165, 1.54) is 11.3 Å². The zero-order chi connectivity index (χ0) is 13.2. The number of nitrogens with one attached hydrogen (secondary N) is 1. The van der Waals surface area contributed by atoms with E-state index in [1.54, 1.807) is 0 Å². The highest BCUT2D eigenvalue weighted by atomic mass is 16.4. The summed E-state index contributed by atoms with van der Waals surface area (Å²) in [5, 5.41) is 12.1. The van der Waals surface area contributed by atoms with Crippen LogP contribution in [0, 0.1) is 0 Å². The molecule has 1 aliphatic carbocycles. The SMILES string of the molecule is CC1(NC(=O)N2CCCC2C(=O)O)CCCCC1. The number of aliphatic carboxylic acids is 1. The van der Waals surface area contributed by atoms with Crippen molar-refractivity contribution in [2.45, 2.75) is 63.5 Å². The van der Waals surface area contributed by atoms with E-state index in [0.717, 1.165) is 32.1 Å². The van der Waals surface area contributed by atoms with E-state index < -0.39 is 12.0 Å². The Morgan fingerprint density at radius 3 is 2.50 bits per heavy atom. The predicted octanol–water partition coefficient (Wildman–Crippen LogP) is 1.97. The largest absolute Gasteiger partial charge is 0.480 e. The molecule has 1 saturated heterocycles. The molecule has 2 amide bonds. The molecule has 2 rings (SSSR count). The first-order chi connectivity index (χ1) is 8.52. The minimum Gasteiger partial charge on any atom is -0.480 e. The van der Waals surface area contributed by atoms with Gasteiger partial charge in [0.2, 0.25) is 0 Å². The zero-order valence-electron chi connectivity index (χ0n) is 10.9. The molecule has 0 aromatic rings. The molecule has 1 atom stereocenters. The van der Waals surface area contributed by atoms with Gasteiger partial charge in [-0.05, 0) is 32.6 Å². The lowest BCUT2D eigenvalue weighted by Crippen LogP contribution is -2.54. The third-order valence-corrected chi connectivity index (χ3v) is 4.16. The summed E-state index contributed by atoms with van der Waals surface area (Å²) in [6, 6.07) is -0.846. The molecule has 2 aliphatic rings. The second-order valence-corrected chi connectivity index (χ2v) is 5.74. The summed E-state index contributed by atoms with van der Waals surface area (Å²) in [7, 11) is 0. The Bertz CT molecular complexity index is 337. The molecule has 1 aliphatic heterocycles. The highest BCUT2D eigenvalue weighted by Crippen LogP contribution is 2.28. The average Bonchev–Trinajstić information content (AvgIpc) is 2.78. The number of hydrogen-bond donors (Lipinski definition) is 2. The lowest BCUT2D eigenvalue weighted by molar-refractivity contribution is -0.141. The first kappa shape index (κ1) is 13.2. The van der Waals surface area contributed by atoms with Gasteiger partial charge in [-0.1, -0.05) is 19.3 Å². The van der Waals surface area contributed by atoms with Crippen LogP contribution in [0.1, 0.15) is 51.9 Å². The fourth-order valence-electron chi connectivity index (χ4n) is 3.05. The van der Waals surface area contributed by atoms with Gasteiger partial charge in [-0.15, -0.1) is 0 Å². The number of carboxylic acids is 1. The van der Waals surface area contributed by atoms with E-state index in [2.05, 4.69) is 12.2 Å². The van der Waals surface area contributed by atoms with Gasteiger partial charge in [0.15, 0.2) is 0 Å². The van der Waals surface area contributed by atoms with Crippen LogP contribution in [-0.2, 0) is 4.79 Å². The summed E-state index contributed by atoms with van der Waals surface area (Å²) < 4.78 is 0. The highest BCUT2D eigenvalue weighted by Gasteiger charge is 2.37. The molecule has 1 unspecified atom stereocenters. The molecule has 102 valence electrons. The van der Waals surface area contributed by atoms with E-state index in [4.69, 9.17) is 5.11 Å². The molecular formula is C13H22N2O3. The minimum atomic E-state index is -0.892. The molecule has 5 nitrogen and oxygen atoms in total. The van der Waals surface area contributed by atoms with Gasteiger partial charge in [-0.25, -0.2) is 9.59 Å². The lowest BCUT2D eigenvalue weighted by Gasteiger charge is -2.36. The summed E-state index contributed by atoms with van der Waals surface area (Å²) in [4.78, 5) is 24.7. The predicted molar refractivity (Wildman–Crippen MR) is 67.4 cm³/mol. The number of rotatable bonds is 2. The Hall–Kier alpha value is -1.26. The summed E-state index contributed by atoms with van der Waals surface area (Å²) in [5.74, 6) is -0.892. The monoisotopic (exact) mass is 254 g/mol. The van der Waals surface area contributed by atoms with Gasteiger partial charge in [0.05, 0.1) is 0 Å². The quantitative estimate of drug-likeness (QED) is 0.791. The number of nitrogens with zero attached hydrogens (tertiary/aromatic N) is 1. The van der Waals surface area contributed by atoms with E-state index in [9.17, 15) is 9.59 Å². The normalized spacial score (nSPS) is 26.9. The van der Waals surface area contributed by atoms with Crippen LogP contribution in [-0.4, -0.2) is 40.1 Å². The average molecular weight is 254 g/mol. The lowest BCUT2D eigenvalue weighted by atomic mass is 9.83. The third kappa shape index (κ3) is 2.76. The number of likely N-dealkylation sites (tertiary alicyclic amines) is 1. The van der Waals surface area contributed by atoms with Gasteiger partial charge < -0.3 is 15.3 Å². The smallest absolute Gasteiger partial charge is 0.326 e. The summed E-state index contributed by atoms with van der Waals surface area (Å²) >= 11 is 0. The second kappa shape index (κ2) is 5.16. The van der Waals surface area contributed by atoms with Crippen molar-refractivity contribution in [2.75, 3.05) is 6.54 Å². The van der Waals surface area contributed by atoms with Crippen LogP contribution in [0.4, 0.5) is 4.79 Å². The number of urea groups is 1. The molecule has 18 heavy (non-hydrogen) atoms. The minimum absolute atomic E-state index is 0.152. The molecule has 0 radical (unpaired) electrons. The van der Waals surface area contributed by atoms with E-state index in [1.807, 2.05) is 0 Å².